The summed E-state index contributed by atoms with van der Waals surface area (Å²) in [4.78, 5) is 12.0. The van der Waals surface area contributed by atoms with Gasteiger partial charge >= 0.3 is 0 Å². The third-order valence-electron chi connectivity index (χ3n) is 3.58. The number of carbonyl (C=O) groups is 1. The van der Waals surface area contributed by atoms with E-state index in [1.165, 1.54) is 5.56 Å². The van der Waals surface area contributed by atoms with E-state index in [4.69, 9.17) is 9.47 Å². The molecule has 0 aliphatic carbocycles. The number of amides is 1. The molecule has 0 fully saturated rings. The number of methoxy groups -OCH3 is 2. The maximum absolute atomic E-state index is 12.0. The lowest BCUT2D eigenvalue weighted by Crippen LogP contribution is -2.30. The largest absolute Gasteiger partial charge is 0.497 e. The van der Waals surface area contributed by atoms with E-state index in [-0.39, 0.29) is 12.0 Å². The maximum atomic E-state index is 12.0. The van der Waals surface area contributed by atoms with Gasteiger partial charge in [-0.15, -0.1) is 11.8 Å². The number of thioether (sulfide) groups is 1. The van der Waals surface area contributed by atoms with Gasteiger partial charge in [0.2, 0.25) is 5.91 Å². The smallest absolute Gasteiger partial charge is 0.230 e. The molecule has 1 N–H and O–H groups in total. The van der Waals surface area contributed by atoms with E-state index in [1.54, 1.807) is 26.0 Å². The Morgan fingerprint density at radius 3 is 2.62 bits per heavy atom. The zero-order valence-corrected chi connectivity index (χ0v) is 14.8. The molecule has 0 saturated carbocycles. The average Bonchev–Trinajstić information content (AvgIpc) is 2.63. The summed E-state index contributed by atoms with van der Waals surface area (Å²) in [5, 5.41) is 2.93. The lowest BCUT2D eigenvalue weighted by molar-refractivity contribution is -0.119. The van der Waals surface area contributed by atoms with Crippen LogP contribution in [0.2, 0.25) is 0 Å². The van der Waals surface area contributed by atoms with E-state index in [9.17, 15) is 4.79 Å². The van der Waals surface area contributed by atoms with E-state index < -0.39 is 0 Å². The van der Waals surface area contributed by atoms with Crippen molar-refractivity contribution in [2.75, 3.05) is 26.5 Å². The van der Waals surface area contributed by atoms with Crippen LogP contribution in [-0.2, 0) is 15.3 Å². The van der Waals surface area contributed by atoms with Crippen molar-refractivity contribution in [3.05, 3.63) is 65.7 Å². The van der Waals surface area contributed by atoms with Crippen LogP contribution in [0.1, 0.15) is 17.2 Å². The summed E-state index contributed by atoms with van der Waals surface area (Å²) in [7, 11) is 3.27. The Labute approximate surface area is 147 Å². The molecule has 0 saturated heterocycles. The van der Waals surface area contributed by atoms with Gasteiger partial charge in [0, 0.05) is 19.4 Å². The highest BCUT2D eigenvalue weighted by Crippen LogP contribution is 2.21. The van der Waals surface area contributed by atoms with Gasteiger partial charge in [0.15, 0.2) is 0 Å². The third-order valence-corrected chi connectivity index (χ3v) is 4.58. The zero-order valence-electron chi connectivity index (χ0n) is 14.0. The Bertz CT molecular complexity index is 634. The molecule has 0 bridgehead atoms. The SMILES string of the molecule is COc1cccc(C(CNC(=O)CSCc2ccccc2)OC)c1. The van der Waals surface area contributed by atoms with Crippen LogP contribution in [0.4, 0.5) is 0 Å². The highest BCUT2D eigenvalue weighted by molar-refractivity contribution is 7.99. The Morgan fingerprint density at radius 1 is 1.12 bits per heavy atom. The van der Waals surface area contributed by atoms with E-state index in [1.807, 2.05) is 42.5 Å². The van der Waals surface area contributed by atoms with Crippen molar-refractivity contribution in [3.63, 3.8) is 0 Å². The molecule has 4 nitrogen and oxygen atoms in total. The van der Waals surface area contributed by atoms with Crippen LogP contribution >= 0.6 is 11.8 Å². The second kappa shape index (κ2) is 10.0. The zero-order chi connectivity index (χ0) is 17.2. The standard InChI is InChI=1S/C19H23NO3S/c1-22-17-10-6-9-16(11-17)18(23-2)12-20-19(21)14-24-13-15-7-4-3-5-8-15/h3-11,18H,12-14H2,1-2H3,(H,20,21). The third kappa shape index (κ3) is 5.91. The van der Waals surface area contributed by atoms with Gasteiger partial charge in [0.25, 0.3) is 0 Å². The first-order valence-electron chi connectivity index (χ1n) is 7.78. The second-order valence-electron chi connectivity index (χ2n) is 5.28. The van der Waals surface area contributed by atoms with Gasteiger partial charge < -0.3 is 14.8 Å². The van der Waals surface area contributed by atoms with Crippen LogP contribution < -0.4 is 10.1 Å². The normalized spacial score (nSPS) is 11.8. The summed E-state index contributed by atoms with van der Waals surface area (Å²) in [6.45, 7) is 0.439. The topological polar surface area (TPSA) is 47.6 Å². The summed E-state index contributed by atoms with van der Waals surface area (Å²) in [6, 6.07) is 17.8. The van der Waals surface area contributed by atoms with Gasteiger partial charge in [-0.3, -0.25) is 4.79 Å². The fourth-order valence-corrected chi connectivity index (χ4v) is 3.09. The first-order valence-corrected chi connectivity index (χ1v) is 8.93. The van der Waals surface area contributed by atoms with Crippen molar-refractivity contribution in [1.29, 1.82) is 0 Å². The summed E-state index contributed by atoms with van der Waals surface area (Å²) in [5.41, 5.74) is 2.20. The van der Waals surface area contributed by atoms with Crippen LogP contribution in [0, 0.1) is 0 Å². The van der Waals surface area contributed by atoms with Crippen molar-refractivity contribution in [2.24, 2.45) is 0 Å². The summed E-state index contributed by atoms with van der Waals surface area (Å²) >= 11 is 1.60. The van der Waals surface area contributed by atoms with Crippen molar-refractivity contribution in [2.45, 2.75) is 11.9 Å². The van der Waals surface area contributed by atoms with Crippen LogP contribution in [0.5, 0.6) is 5.75 Å². The fraction of sp³-hybridized carbons (Fsp3) is 0.316. The molecule has 0 spiro atoms. The monoisotopic (exact) mass is 345 g/mol. The number of nitrogens with one attached hydrogen (secondary N) is 1. The summed E-state index contributed by atoms with van der Waals surface area (Å²) < 4.78 is 10.7. The molecule has 128 valence electrons. The molecule has 2 rings (SSSR count). The molecule has 24 heavy (non-hydrogen) atoms. The molecule has 0 radical (unpaired) electrons. The van der Waals surface area contributed by atoms with Crippen LogP contribution in [0.25, 0.3) is 0 Å². The van der Waals surface area contributed by atoms with Crippen molar-refractivity contribution < 1.29 is 14.3 Å². The van der Waals surface area contributed by atoms with E-state index in [0.717, 1.165) is 17.1 Å². The minimum atomic E-state index is -0.192. The highest BCUT2D eigenvalue weighted by Gasteiger charge is 2.13. The lowest BCUT2D eigenvalue weighted by atomic mass is 10.1. The molecule has 1 atom stereocenters. The Hall–Kier alpha value is -1.98. The van der Waals surface area contributed by atoms with Gasteiger partial charge in [-0.25, -0.2) is 0 Å². The van der Waals surface area contributed by atoms with Gasteiger partial charge in [-0.2, -0.15) is 0 Å². The first kappa shape index (κ1) is 18.4. The highest BCUT2D eigenvalue weighted by atomic mass is 32.2. The number of ether oxygens (including phenoxy) is 2. The first-order chi connectivity index (χ1) is 11.7. The Morgan fingerprint density at radius 2 is 1.92 bits per heavy atom. The summed E-state index contributed by atoms with van der Waals surface area (Å²) in [6.07, 6.45) is -0.192. The van der Waals surface area contributed by atoms with E-state index in [0.29, 0.717) is 12.3 Å². The summed E-state index contributed by atoms with van der Waals surface area (Å²) in [5.74, 6) is 2.06. The van der Waals surface area contributed by atoms with Crippen LogP contribution in [0.15, 0.2) is 54.6 Å². The minimum absolute atomic E-state index is 0.0147. The number of hydrogen-bond donors (Lipinski definition) is 1. The molecule has 1 unspecified atom stereocenters. The van der Waals surface area contributed by atoms with Gasteiger partial charge in [0.1, 0.15) is 5.75 Å². The van der Waals surface area contributed by atoms with Crippen molar-refractivity contribution in [3.8, 4) is 5.75 Å². The molecule has 1 amide bonds. The lowest BCUT2D eigenvalue weighted by Gasteiger charge is -2.17. The predicted octanol–water partition coefficient (Wildman–Crippen LogP) is 3.43. The number of carbonyl (C=O) groups excluding carboxylic acids is 1. The van der Waals surface area contributed by atoms with Crippen molar-refractivity contribution in [1.82, 2.24) is 5.32 Å². The molecule has 2 aromatic carbocycles. The predicted molar refractivity (Wildman–Crippen MR) is 98.4 cm³/mol. The van der Waals surface area contributed by atoms with Crippen LogP contribution in [-0.4, -0.2) is 32.4 Å². The average molecular weight is 345 g/mol. The van der Waals surface area contributed by atoms with E-state index >= 15 is 0 Å². The molecule has 0 aromatic heterocycles. The molecular formula is C19H23NO3S. The minimum Gasteiger partial charge on any atom is -0.497 e. The molecule has 2 aromatic rings. The molecule has 5 heteroatoms. The van der Waals surface area contributed by atoms with Crippen LogP contribution in [0.3, 0.4) is 0 Å². The number of benzene rings is 2. The Balaban J connectivity index is 1.76. The number of hydrogen-bond acceptors (Lipinski definition) is 4. The van der Waals surface area contributed by atoms with E-state index in [2.05, 4.69) is 17.4 Å². The van der Waals surface area contributed by atoms with Crippen molar-refractivity contribution >= 4 is 17.7 Å². The maximum Gasteiger partial charge on any atom is 0.230 e. The second-order valence-corrected chi connectivity index (χ2v) is 6.27. The molecule has 0 aliphatic heterocycles. The molecular weight excluding hydrogens is 322 g/mol. The quantitative estimate of drug-likeness (QED) is 0.756. The van der Waals surface area contributed by atoms with Gasteiger partial charge in [-0.05, 0) is 23.3 Å². The van der Waals surface area contributed by atoms with Gasteiger partial charge in [0.05, 0.1) is 19.0 Å². The van der Waals surface area contributed by atoms with Gasteiger partial charge in [-0.1, -0.05) is 42.5 Å². The number of rotatable bonds is 9. The Kier molecular flexibility index (Phi) is 7.65. The molecule has 0 aliphatic rings. The fourth-order valence-electron chi connectivity index (χ4n) is 2.27. The molecule has 0 heterocycles.